The fourth-order valence-corrected chi connectivity index (χ4v) is 12.7. The number of hydrogen-bond acceptors (Lipinski definition) is 12. The average molecular weight is 709 g/mol. The molecule has 0 amide bonds. The van der Waals surface area contributed by atoms with Crippen molar-refractivity contribution in [3.8, 4) is 0 Å². The van der Waals surface area contributed by atoms with Crippen LogP contribution in [-0.2, 0) is 23.8 Å². The molecular weight excluding hydrogens is 648 g/mol. The van der Waals surface area contributed by atoms with Crippen molar-refractivity contribution in [2.24, 2.45) is 50.7 Å². The zero-order valence-corrected chi connectivity index (χ0v) is 30.7. The molecule has 0 aromatic rings. The summed E-state index contributed by atoms with van der Waals surface area (Å²) in [5.41, 5.74) is -3.49. The summed E-state index contributed by atoms with van der Waals surface area (Å²) in [6.45, 7) is 12.9. The van der Waals surface area contributed by atoms with Crippen molar-refractivity contribution in [2.75, 3.05) is 13.2 Å². The molecule has 17 atom stereocenters. The molecule has 0 aromatic carbocycles. The Morgan fingerprint density at radius 3 is 2.20 bits per heavy atom. The van der Waals surface area contributed by atoms with E-state index in [4.69, 9.17) is 14.2 Å². The fraction of sp³-hybridized carbons (Fsp3) is 0.895. The third-order valence-electron chi connectivity index (χ3n) is 15.9. The Morgan fingerprint density at radius 2 is 1.58 bits per heavy atom. The summed E-state index contributed by atoms with van der Waals surface area (Å²) in [6, 6.07) is 0. The van der Waals surface area contributed by atoms with Crippen molar-refractivity contribution < 1.29 is 59.5 Å². The van der Waals surface area contributed by atoms with Crippen LogP contribution < -0.4 is 0 Å². The smallest absolute Gasteiger partial charge is 0.315 e. The highest BCUT2D eigenvalue weighted by Crippen LogP contribution is 2.76. The van der Waals surface area contributed by atoms with Gasteiger partial charge < -0.3 is 50.0 Å². The van der Waals surface area contributed by atoms with Crippen LogP contribution in [0.1, 0.15) is 99.8 Å². The first kappa shape index (κ1) is 38.1. The van der Waals surface area contributed by atoms with Crippen molar-refractivity contribution in [3.63, 3.8) is 0 Å². The summed E-state index contributed by atoms with van der Waals surface area (Å²) in [7, 11) is 0. The van der Waals surface area contributed by atoms with Crippen LogP contribution in [0.25, 0.3) is 0 Å². The van der Waals surface area contributed by atoms with E-state index in [2.05, 4.69) is 26.8 Å². The molecule has 4 saturated carbocycles. The maximum absolute atomic E-state index is 14.5. The van der Waals surface area contributed by atoms with Gasteiger partial charge in [0.25, 0.3) is 0 Å². The van der Waals surface area contributed by atoms with E-state index in [0.29, 0.717) is 38.5 Å². The molecule has 1 saturated heterocycles. The first-order valence-corrected chi connectivity index (χ1v) is 18.6. The molecule has 7 N–H and O–H groups in total. The van der Waals surface area contributed by atoms with Gasteiger partial charge in [-0.15, -0.1) is 0 Å². The predicted octanol–water partition coefficient (Wildman–Crippen LogP) is 1.98. The molecule has 5 fully saturated rings. The van der Waals surface area contributed by atoms with Gasteiger partial charge >= 0.3 is 11.9 Å². The lowest BCUT2D eigenvalue weighted by molar-refractivity contribution is -0.299. The number of allylic oxidation sites excluding steroid dienone is 1. The van der Waals surface area contributed by atoms with Gasteiger partial charge in [-0.2, -0.15) is 0 Å². The Kier molecular flexibility index (Phi) is 9.50. The number of aliphatic hydroxyl groups excluding tert-OH is 6. The molecule has 0 bridgehead atoms. The SMILES string of the molecule is CC(=O)O[C@@H]1C[C@@]2(C)[C@@H](CC[C@]3(C)[C@@H]2CC=C2[C@H]4[C@](C(=O)O[C@@H]5O[C@H](CO)[C@@H](O)[C@H](O)[C@H]5O)(CC[C@@H](C)[C@@]4(C)O)CC[C@]23C)[C@](C)(CO)[C@H]1O. The van der Waals surface area contributed by atoms with Crippen LogP contribution >= 0.6 is 0 Å². The monoisotopic (exact) mass is 708 g/mol. The number of rotatable bonds is 5. The van der Waals surface area contributed by atoms with E-state index in [9.17, 15) is 45.3 Å². The van der Waals surface area contributed by atoms with Gasteiger partial charge in [0.2, 0.25) is 6.29 Å². The molecule has 1 heterocycles. The summed E-state index contributed by atoms with van der Waals surface area (Å²) in [5, 5.41) is 75.9. The molecule has 6 aliphatic rings. The van der Waals surface area contributed by atoms with E-state index in [1.165, 1.54) is 6.92 Å². The van der Waals surface area contributed by atoms with Crippen LogP contribution in [-0.4, -0.2) is 109 Å². The van der Waals surface area contributed by atoms with Gasteiger partial charge in [0.15, 0.2) is 0 Å². The third kappa shape index (κ3) is 5.06. The minimum absolute atomic E-state index is 0.0348. The highest BCUT2D eigenvalue weighted by atomic mass is 16.7. The quantitative estimate of drug-likeness (QED) is 0.162. The molecule has 0 aromatic heterocycles. The van der Waals surface area contributed by atoms with Gasteiger partial charge in [-0.05, 0) is 92.3 Å². The Labute approximate surface area is 295 Å². The topological polar surface area (TPSA) is 203 Å². The van der Waals surface area contributed by atoms with Crippen LogP contribution in [0.15, 0.2) is 11.6 Å². The van der Waals surface area contributed by atoms with Gasteiger partial charge in [-0.25, -0.2) is 0 Å². The molecule has 1 aliphatic heterocycles. The Balaban J connectivity index is 1.40. The molecule has 284 valence electrons. The maximum Gasteiger partial charge on any atom is 0.315 e. The Bertz CT molecular complexity index is 1380. The van der Waals surface area contributed by atoms with Crippen LogP contribution in [0.4, 0.5) is 0 Å². The second-order valence-corrected chi connectivity index (χ2v) is 18.1. The summed E-state index contributed by atoms with van der Waals surface area (Å²) >= 11 is 0. The lowest BCUT2D eigenvalue weighted by Crippen LogP contribution is -2.70. The van der Waals surface area contributed by atoms with Crippen molar-refractivity contribution in [1.29, 1.82) is 0 Å². The lowest BCUT2D eigenvalue weighted by atomic mass is 9.33. The van der Waals surface area contributed by atoms with Crippen molar-refractivity contribution in [2.45, 2.75) is 148 Å². The number of fused-ring (bicyclic) bond motifs is 7. The molecule has 12 nitrogen and oxygen atoms in total. The first-order chi connectivity index (χ1) is 23.2. The van der Waals surface area contributed by atoms with E-state index in [1.54, 1.807) is 6.92 Å². The summed E-state index contributed by atoms with van der Waals surface area (Å²) in [6.07, 6.45) is -2.75. The third-order valence-corrected chi connectivity index (χ3v) is 15.9. The molecule has 50 heavy (non-hydrogen) atoms. The first-order valence-electron chi connectivity index (χ1n) is 18.6. The lowest BCUT2D eigenvalue weighted by Gasteiger charge is -2.72. The molecule has 6 rings (SSSR count). The zero-order chi connectivity index (χ0) is 37.0. The molecule has 12 heteroatoms. The summed E-state index contributed by atoms with van der Waals surface area (Å²) < 4.78 is 17.2. The number of aliphatic hydroxyl groups is 7. The summed E-state index contributed by atoms with van der Waals surface area (Å²) in [5.74, 6) is -1.83. The van der Waals surface area contributed by atoms with Crippen molar-refractivity contribution >= 4 is 11.9 Å². The van der Waals surface area contributed by atoms with E-state index >= 15 is 0 Å². The minimum Gasteiger partial charge on any atom is -0.460 e. The standard InChI is InChI=1S/C38H60O12/c1-19-10-13-38(32(46)50-31-28(44)27(43)26(42)23(17-39)49-31)15-14-35(5)21(29(38)37(19,7)47)8-9-25-33(3)16-22(48-20(2)41)30(45)34(4,18-40)24(33)11-12-36(25,35)6/h8,19,22-31,39-40,42-45,47H,9-18H2,1-7H3/t19-,22-,23-,24-,25-,26-,27+,28-,29-,30+,31+,33+,34+,35-,36-,37-,38+/m1/s1. The Hall–Kier alpha value is -1.64. The largest absolute Gasteiger partial charge is 0.460 e. The van der Waals surface area contributed by atoms with E-state index in [0.717, 1.165) is 18.4 Å². The number of esters is 2. The van der Waals surface area contributed by atoms with Crippen LogP contribution in [0.3, 0.4) is 0 Å². The normalized spacial score (nSPS) is 54.6. The fourth-order valence-electron chi connectivity index (χ4n) is 12.7. The van der Waals surface area contributed by atoms with Crippen molar-refractivity contribution in [1.82, 2.24) is 0 Å². The maximum atomic E-state index is 14.5. The van der Waals surface area contributed by atoms with Gasteiger partial charge in [0, 0.05) is 18.3 Å². The molecule has 5 aliphatic carbocycles. The Morgan fingerprint density at radius 1 is 0.900 bits per heavy atom. The van der Waals surface area contributed by atoms with E-state index in [-0.39, 0.29) is 29.8 Å². The van der Waals surface area contributed by atoms with Gasteiger partial charge in [0.1, 0.15) is 30.5 Å². The molecular formula is C38H60O12. The number of carbonyl (C=O) groups excluding carboxylic acids is 2. The highest BCUT2D eigenvalue weighted by Gasteiger charge is 2.73. The zero-order valence-electron chi connectivity index (χ0n) is 30.7. The molecule has 0 unspecified atom stereocenters. The number of hydrogen-bond donors (Lipinski definition) is 7. The summed E-state index contributed by atoms with van der Waals surface area (Å²) in [4.78, 5) is 26.7. The second-order valence-electron chi connectivity index (χ2n) is 18.1. The van der Waals surface area contributed by atoms with Gasteiger partial charge in [-0.3, -0.25) is 9.59 Å². The van der Waals surface area contributed by atoms with Gasteiger partial charge in [0.05, 0.1) is 30.3 Å². The highest BCUT2D eigenvalue weighted by molar-refractivity contribution is 5.79. The van der Waals surface area contributed by atoms with E-state index in [1.807, 2.05) is 13.8 Å². The molecule has 0 radical (unpaired) electrons. The second kappa shape index (κ2) is 12.5. The van der Waals surface area contributed by atoms with Crippen LogP contribution in [0.5, 0.6) is 0 Å². The number of carbonyl (C=O) groups is 2. The number of ether oxygens (including phenoxy) is 3. The van der Waals surface area contributed by atoms with Crippen LogP contribution in [0, 0.1) is 50.7 Å². The minimum atomic E-state index is -1.73. The molecule has 0 spiro atoms. The predicted molar refractivity (Wildman–Crippen MR) is 179 cm³/mol. The van der Waals surface area contributed by atoms with Crippen molar-refractivity contribution in [3.05, 3.63) is 11.6 Å². The van der Waals surface area contributed by atoms with Gasteiger partial charge in [-0.1, -0.05) is 46.3 Å². The van der Waals surface area contributed by atoms with Crippen LogP contribution in [0.2, 0.25) is 0 Å². The average Bonchev–Trinajstić information content (AvgIpc) is 3.05. The van der Waals surface area contributed by atoms with E-state index < -0.39 is 94.6 Å².